The summed E-state index contributed by atoms with van der Waals surface area (Å²) in [5, 5.41) is 2.12. The molecule has 3 radical (unpaired) electrons. The van der Waals surface area contributed by atoms with E-state index in [1.54, 1.807) is 7.11 Å². The number of hydrogen-bond donors (Lipinski definition) is 2. The molecule has 2 aromatic carbocycles. The molecule has 1 aliphatic rings. The molecule has 6 nitrogen and oxygen atoms in total. The minimum atomic E-state index is -0.608. The number of nitrogens with zero attached hydrogens (tertiary/aromatic N) is 2. The number of aromatic amines is 1. The van der Waals surface area contributed by atoms with E-state index in [2.05, 4.69) is 56.4 Å². The van der Waals surface area contributed by atoms with Crippen LogP contribution in [0.3, 0.4) is 0 Å². The third kappa shape index (κ3) is 4.62. The van der Waals surface area contributed by atoms with Crippen molar-refractivity contribution >= 4 is 66.9 Å². The summed E-state index contributed by atoms with van der Waals surface area (Å²) in [4.78, 5) is 22.0. The Bertz CT molecular complexity index is 1210. The highest BCUT2D eigenvalue weighted by molar-refractivity contribution is 9.10. The third-order valence-corrected chi connectivity index (χ3v) is 8.33. The molecule has 3 aromatic rings. The Labute approximate surface area is 212 Å². The number of fused-ring (bicyclic) bond motifs is 3. The molecule has 0 aliphatic carbocycles. The summed E-state index contributed by atoms with van der Waals surface area (Å²) in [6.45, 7) is 8.79. The van der Waals surface area contributed by atoms with E-state index in [1.165, 1.54) is 0 Å². The minimum Gasteiger partial charge on any atom is -0.416 e. The number of nitrogens with one attached hydrogen (secondary N) is 1. The van der Waals surface area contributed by atoms with Gasteiger partial charge in [0.1, 0.15) is 11.6 Å². The Hall–Kier alpha value is -1.39. The van der Waals surface area contributed by atoms with E-state index in [1.807, 2.05) is 32.9 Å². The highest BCUT2D eigenvalue weighted by atomic mass is 79.9. The van der Waals surface area contributed by atoms with Crippen molar-refractivity contribution in [2.75, 3.05) is 20.3 Å². The molecule has 4 unspecified atom stereocenters. The number of likely N-dealkylation sites (tertiary alicyclic amines) is 1. The Morgan fingerprint density at radius 1 is 1.39 bits per heavy atom. The molecule has 175 valence electrons. The molecule has 0 spiro atoms. The fraction of sp³-hybridized carbons (Fsp3) is 0.500. The Kier molecular flexibility index (Phi) is 6.50. The van der Waals surface area contributed by atoms with Gasteiger partial charge in [0.25, 0.3) is 0 Å². The van der Waals surface area contributed by atoms with Crippen LogP contribution in [0.4, 0.5) is 4.79 Å². The zero-order chi connectivity index (χ0) is 24.2. The molecule has 0 bridgehead atoms. The van der Waals surface area contributed by atoms with Gasteiger partial charge in [0.15, 0.2) is 5.82 Å². The SMILES string of the molecule is COCC(S)C1(C)CC(c2nc3c(ccc4cc(Br)ccc43)[nH]2)[N+]([Si])(C(=O)OC(C)(C)C)C1. The zero-order valence-corrected chi connectivity index (χ0v) is 23.1. The summed E-state index contributed by atoms with van der Waals surface area (Å²) in [7, 11) is 5.54. The molecule has 9 heteroatoms. The van der Waals surface area contributed by atoms with E-state index < -0.39 is 5.60 Å². The van der Waals surface area contributed by atoms with Gasteiger partial charge < -0.3 is 14.5 Å². The lowest BCUT2D eigenvalue weighted by molar-refractivity contribution is -0.766. The third-order valence-electron chi connectivity index (χ3n) is 6.41. The molecule has 1 amide bonds. The first-order valence-corrected chi connectivity index (χ1v) is 12.7. The Morgan fingerprint density at radius 2 is 2.12 bits per heavy atom. The van der Waals surface area contributed by atoms with Gasteiger partial charge in [-0.25, -0.2) is 4.98 Å². The fourth-order valence-electron chi connectivity index (χ4n) is 4.73. The molecule has 1 fully saturated rings. The van der Waals surface area contributed by atoms with Gasteiger partial charge in [0, 0.05) is 34.1 Å². The first-order valence-electron chi connectivity index (χ1n) is 11.0. The first-order chi connectivity index (χ1) is 15.4. The number of benzene rings is 2. The van der Waals surface area contributed by atoms with Gasteiger partial charge in [0.2, 0.25) is 0 Å². The van der Waals surface area contributed by atoms with Crippen molar-refractivity contribution < 1.29 is 18.4 Å². The van der Waals surface area contributed by atoms with Crippen molar-refractivity contribution in [2.24, 2.45) is 5.41 Å². The average Bonchev–Trinajstić information content (AvgIpc) is 3.26. The predicted molar refractivity (Wildman–Crippen MR) is 139 cm³/mol. The van der Waals surface area contributed by atoms with Crippen LogP contribution >= 0.6 is 28.6 Å². The number of carbonyl (C=O) groups is 1. The number of quaternary nitrogens is 1. The molecule has 1 aliphatic heterocycles. The van der Waals surface area contributed by atoms with Gasteiger partial charge >= 0.3 is 16.5 Å². The van der Waals surface area contributed by atoms with Gasteiger partial charge in [-0.2, -0.15) is 17.4 Å². The molecule has 0 saturated carbocycles. The molecule has 2 heterocycles. The van der Waals surface area contributed by atoms with Crippen molar-refractivity contribution in [1.82, 2.24) is 9.97 Å². The lowest BCUT2D eigenvalue weighted by atomic mass is 9.84. The molecular weight excluding hydrogens is 518 g/mol. The number of methoxy groups -OCH3 is 1. The van der Waals surface area contributed by atoms with Gasteiger partial charge in [0.05, 0.1) is 24.2 Å². The predicted octanol–water partition coefficient (Wildman–Crippen LogP) is 5.71. The number of carbonyl (C=O) groups excluding carboxylic acids is 1. The molecule has 1 saturated heterocycles. The standard InChI is InChI=1S/C24H30BrN3O3SSi/c1-23(2,3)31-22(29)28(33)13-24(4,19(32)12-30-5)11-18(28)21-26-17-9-6-14-10-15(25)7-8-16(14)20(17)27-21/h6-10,18-19,32H,11-13H2,1-5H3,(H,26,27)/q+1. The first kappa shape index (κ1) is 24.7. The number of amides is 1. The second-order valence-electron chi connectivity index (χ2n) is 10.3. The minimum absolute atomic E-state index is 0.0497. The Morgan fingerprint density at radius 3 is 2.79 bits per heavy atom. The van der Waals surface area contributed by atoms with Crippen molar-refractivity contribution in [3.8, 4) is 0 Å². The summed E-state index contributed by atoms with van der Waals surface area (Å²) in [6, 6.07) is 10.0. The molecule has 4 atom stereocenters. The van der Waals surface area contributed by atoms with E-state index in [-0.39, 0.29) is 26.9 Å². The number of aromatic nitrogens is 2. The summed E-state index contributed by atoms with van der Waals surface area (Å²) < 4.78 is 12.2. The number of thiol groups is 1. The molecular formula is C24H30BrN3O3SSi+. The lowest BCUT2D eigenvalue weighted by Gasteiger charge is -2.35. The van der Waals surface area contributed by atoms with Crippen LogP contribution in [-0.2, 0) is 9.47 Å². The van der Waals surface area contributed by atoms with Crippen LogP contribution in [0.5, 0.6) is 0 Å². The highest BCUT2D eigenvalue weighted by Gasteiger charge is 2.59. The number of H-pyrrole nitrogens is 1. The number of rotatable bonds is 4. The second-order valence-corrected chi connectivity index (χ2v) is 12.6. The van der Waals surface area contributed by atoms with Gasteiger partial charge in [-0.3, -0.25) is 4.15 Å². The Balaban J connectivity index is 1.82. The topological polar surface area (TPSA) is 64.2 Å². The van der Waals surface area contributed by atoms with E-state index in [4.69, 9.17) is 27.1 Å². The quantitative estimate of drug-likeness (QED) is 0.324. The van der Waals surface area contributed by atoms with Crippen LogP contribution in [0.25, 0.3) is 21.8 Å². The number of halogens is 1. The van der Waals surface area contributed by atoms with Crippen molar-refractivity contribution in [2.45, 2.75) is 51.0 Å². The maximum Gasteiger partial charge on any atom is 0.499 e. The van der Waals surface area contributed by atoms with Gasteiger partial charge in [-0.1, -0.05) is 35.0 Å². The smallest absolute Gasteiger partial charge is 0.416 e. The van der Waals surface area contributed by atoms with Crippen LogP contribution < -0.4 is 0 Å². The van der Waals surface area contributed by atoms with Crippen molar-refractivity contribution in [3.63, 3.8) is 0 Å². The van der Waals surface area contributed by atoms with Gasteiger partial charge in [-0.15, -0.1) is 0 Å². The molecule has 1 aromatic heterocycles. The molecule has 4 rings (SSSR count). The van der Waals surface area contributed by atoms with Gasteiger partial charge in [-0.05, 0) is 44.4 Å². The number of ether oxygens (including phenoxy) is 2. The highest BCUT2D eigenvalue weighted by Crippen LogP contribution is 2.50. The van der Waals surface area contributed by atoms with E-state index in [9.17, 15) is 4.79 Å². The molecule has 33 heavy (non-hydrogen) atoms. The monoisotopic (exact) mass is 547 g/mol. The van der Waals surface area contributed by atoms with Crippen molar-refractivity contribution in [3.05, 3.63) is 40.6 Å². The summed E-state index contributed by atoms with van der Waals surface area (Å²) in [5.41, 5.74) is 0.942. The summed E-state index contributed by atoms with van der Waals surface area (Å²) in [6.07, 6.45) is 0.358. The number of hydrogen-bond acceptors (Lipinski definition) is 5. The zero-order valence-electron chi connectivity index (χ0n) is 19.6. The van der Waals surface area contributed by atoms with E-state index >= 15 is 0 Å². The molecule has 1 N–H and O–H groups in total. The van der Waals surface area contributed by atoms with Crippen LogP contribution in [0.2, 0.25) is 0 Å². The van der Waals surface area contributed by atoms with Crippen LogP contribution in [0.1, 0.15) is 46.0 Å². The second kappa shape index (κ2) is 8.68. The number of imidazole rings is 1. The van der Waals surface area contributed by atoms with Crippen LogP contribution in [0.15, 0.2) is 34.8 Å². The summed E-state index contributed by atoms with van der Waals surface area (Å²) >= 11 is 8.38. The fourth-order valence-corrected chi connectivity index (χ4v) is 6.07. The van der Waals surface area contributed by atoms with E-state index in [0.29, 0.717) is 19.6 Å². The van der Waals surface area contributed by atoms with Crippen LogP contribution in [-0.4, -0.2) is 61.7 Å². The van der Waals surface area contributed by atoms with Crippen molar-refractivity contribution in [1.29, 1.82) is 0 Å². The summed E-state index contributed by atoms with van der Waals surface area (Å²) in [5.74, 6) is 0.753. The largest absolute Gasteiger partial charge is 0.499 e. The maximum absolute atomic E-state index is 13.5. The average molecular weight is 549 g/mol. The van der Waals surface area contributed by atoms with Crippen LogP contribution in [0, 0.1) is 5.41 Å². The lowest BCUT2D eigenvalue weighted by Crippen LogP contribution is -2.54. The van der Waals surface area contributed by atoms with E-state index in [0.717, 1.165) is 32.1 Å². The maximum atomic E-state index is 13.5. The normalized spacial score (nSPS) is 26.7.